The number of rotatable bonds is 1. The standard InChI is InChI=1S/C11H12BrNO2/c1-3-11(2)10(14)13-8-6-7(12)4-5-9(8)15-11/h4-6H,3H2,1-2H3,(H,13,14). The fourth-order valence-electron chi connectivity index (χ4n) is 1.47. The molecule has 1 aromatic rings. The Kier molecular flexibility index (Phi) is 2.46. The van der Waals surface area contributed by atoms with Crippen LogP contribution in [0.4, 0.5) is 5.69 Å². The molecule has 0 saturated heterocycles. The average Bonchev–Trinajstić information content (AvgIpc) is 2.20. The van der Waals surface area contributed by atoms with Crippen molar-refractivity contribution in [2.75, 3.05) is 5.32 Å². The molecule has 4 heteroatoms. The smallest absolute Gasteiger partial charge is 0.268 e. The normalized spacial score (nSPS) is 24.1. The first-order chi connectivity index (χ1) is 7.05. The van der Waals surface area contributed by atoms with Crippen molar-refractivity contribution >= 4 is 27.5 Å². The Hall–Kier alpha value is -1.03. The van der Waals surface area contributed by atoms with Crippen molar-refractivity contribution in [3.8, 4) is 5.75 Å². The lowest BCUT2D eigenvalue weighted by Gasteiger charge is -2.33. The summed E-state index contributed by atoms with van der Waals surface area (Å²) in [6.45, 7) is 3.73. The average molecular weight is 270 g/mol. The maximum atomic E-state index is 11.8. The highest BCUT2D eigenvalue weighted by Gasteiger charge is 2.38. The van der Waals surface area contributed by atoms with Gasteiger partial charge >= 0.3 is 0 Å². The fraction of sp³-hybridized carbons (Fsp3) is 0.364. The second kappa shape index (κ2) is 3.52. The Morgan fingerprint density at radius 1 is 1.53 bits per heavy atom. The zero-order chi connectivity index (χ0) is 11.1. The van der Waals surface area contributed by atoms with E-state index in [4.69, 9.17) is 4.74 Å². The summed E-state index contributed by atoms with van der Waals surface area (Å²) >= 11 is 3.35. The summed E-state index contributed by atoms with van der Waals surface area (Å²) in [6, 6.07) is 5.58. The molecule has 1 amide bonds. The number of hydrogen-bond donors (Lipinski definition) is 1. The van der Waals surface area contributed by atoms with Crippen molar-refractivity contribution < 1.29 is 9.53 Å². The number of halogens is 1. The van der Waals surface area contributed by atoms with Gasteiger partial charge in [0.15, 0.2) is 5.60 Å². The van der Waals surface area contributed by atoms with Gasteiger partial charge in [0.2, 0.25) is 0 Å². The minimum Gasteiger partial charge on any atom is -0.476 e. The molecule has 1 aliphatic heterocycles. The number of ether oxygens (including phenoxy) is 1. The summed E-state index contributed by atoms with van der Waals surface area (Å²) in [5.74, 6) is 0.637. The van der Waals surface area contributed by atoms with Gasteiger partial charge in [-0.05, 0) is 31.5 Å². The second-order valence-corrected chi connectivity index (χ2v) is 4.70. The minimum atomic E-state index is -0.749. The third kappa shape index (κ3) is 1.74. The highest BCUT2D eigenvalue weighted by Crippen LogP contribution is 2.36. The summed E-state index contributed by atoms with van der Waals surface area (Å²) in [7, 11) is 0. The molecule has 1 heterocycles. The van der Waals surface area contributed by atoms with E-state index in [9.17, 15) is 4.79 Å². The van der Waals surface area contributed by atoms with Crippen LogP contribution >= 0.6 is 15.9 Å². The molecule has 1 unspecified atom stereocenters. The van der Waals surface area contributed by atoms with Gasteiger partial charge in [-0.25, -0.2) is 0 Å². The van der Waals surface area contributed by atoms with E-state index in [-0.39, 0.29) is 5.91 Å². The predicted molar refractivity (Wildman–Crippen MR) is 62.1 cm³/mol. The number of hydrogen-bond acceptors (Lipinski definition) is 2. The van der Waals surface area contributed by atoms with Crippen molar-refractivity contribution in [1.29, 1.82) is 0 Å². The molecular formula is C11H12BrNO2. The lowest BCUT2D eigenvalue weighted by molar-refractivity contribution is -0.131. The molecule has 0 spiro atoms. The van der Waals surface area contributed by atoms with Crippen LogP contribution in [0.3, 0.4) is 0 Å². The number of amides is 1. The van der Waals surface area contributed by atoms with Gasteiger partial charge in [-0.15, -0.1) is 0 Å². The molecule has 0 bridgehead atoms. The molecule has 0 fully saturated rings. The third-order valence-corrected chi connectivity index (χ3v) is 3.17. The third-order valence-electron chi connectivity index (χ3n) is 2.68. The summed E-state index contributed by atoms with van der Waals surface area (Å²) < 4.78 is 6.62. The number of fused-ring (bicyclic) bond motifs is 1. The van der Waals surface area contributed by atoms with E-state index < -0.39 is 5.60 Å². The van der Waals surface area contributed by atoms with E-state index in [1.165, 1.54) is 0 Å². The van der Waals surface area contributed by atoms with Gasteiger partial charge in [-0.2, -0.15) is 0 Å². The van der Waals surface area contributed by atoms with Crippen molar-refractivity contribution in [2.45, 2.75) is 25.9 Å². The van der Waals surface area contributed by atoms with Crippen molar-refractivity contribution in [2.24, 2.45) is 0 Å². The van der Waals surface area contributed by atoms with Gasteiger partial charge in [-0.1, -0.05) is 22.9 Å². The molecule has 1 aromatic carbocycles. The van der Waals surface area contributed by atoms with Crippen LogP contribution < -0.4 is 10.1 Å². The molecule has 15 heavy (non-hydrogen) atoms. The number of carbonyl (C=O) groups is 1. The fourth-order valence-corrected chi connectivity index (χ4v) is 1.83. The van der Waals surface area contributed by atoms with Crippen LogP contribution in [0.25, 0.3) is 0 Å². The SMILES string of the molecule is CCC1(C)Oc2ccc(Br)cc2NC1=O. The van der Waals surface area contributed by atoms with Crippen LogP contribution in [0, 0.1) is 0 Å². The Morgan fingerprint density at radius 2 is 2.27 bits per heavy atom. The number of nitrogens with one attached hydrogen (secondary N) is 1. The molecule has 80 valence electrons. The van der Waals surface area contributed by atoms with Gasteiger partial charge in [0, 0.05) is 4.47 Å². The Morgan fingerprint density at radius 3 is 2.93 bits per heavy atom. The lowest BCUT2D eigenvalue weighted by Crippen LogP contribution is -2.47. The first-order valence-corrected chi connectivity index (χ1v) is 5.64. The number of benzene rings is 1. The van der Waals surface area contributed by atoms with E-state index in [0.29, 0.717) is 6.42 Å². The van der Waals surface area contributed by atoms with Crippen molar-refractivity contribution in [1.82, 2.24) is 0 Å². The highest BCUT2D eigenvalue weighted by atomic mass is 79.9. The Labute approximate surface area is 96.9 Å². The molecule has 0 aromatic heterocycles. The van der Waals surface area contributed by atoms with E-state index in [1.54, 1.807) is 6.92 Å². The second-order valence-electron chi connectivity index (χ2n) is 3.78. The van der Waals surface area contributed by atoms with Gasteiger partial charge in [0.25, 0.3) is 5.91 Å². The van der Waals surface area contributed by atoms with E-state index in [2.05, 4.69) is 21.2 Å². The minimum absolute atomic E-state index is 0.0874. The van der Waals surface area contributed by atoms with E-state index in [0.717, 1.165) is 15.9 Å². The van der Waals surface area contributed by atoms with Crippen LogP contribution in [0.2, 0.25) is 0 Å². The van der Waals surface area contributed by atoms with Crippen LogP contribution in [0.5, 0.6) is 5.75 Å². The van der Waals surface area contributed by atoms with Gasteiger partial charge in [0.1, 0.15) is 5.75 Å². The van der Waals surface area contributed by atoms with E-state index in [1.807, 2.05) is 25.1 Å². The molecule has 0 saturated carbocycles. The number of anilines is 1. The molecule has 0 radical (unpaired) electrons. The molecule has 1 N–H and O–H groups in total. The van der Waals surface area contributed by atoms with Gasteiger partial charge < -0.3 is 10.1 Å². The first-order valence-electron chi connectivity index (χ1n) is 4.85. The molecule has 1 atom stereocenters. The molecule has 3 nitrogen and oxygen atoms in total. The van der Waals surface area contributed by atoms with Crippen LogP contribution in [-0.4, -0.2) is 11.5 Å². The lowest BCUT2D eigenvalue weighted by atomic mass is 10.00. The molecule has 0 aliphatic carbocycles. The van der Waals surface area contributed by atoms with Gasteiger partial charge in [-0.3, -0.25) is 4.79 Å². The molecular weight excluding hydrogens is 258 g/mol. The topological polar surface area (TPSA) is 38.3 Å². The first kappa shape index (κ1) is 10.5. The van der Waals surface area contributed by atoms with Crippen LogP contribution in [0.15, 0.2) is 22.7 Å². The Bertz CT molecular complexity index is 419. The monoisotopic (exact) mass is 269 g/mol. The summed E-state index contributed by atoms with van der Waals surface area (Å²) in [5.41, 5.74) is -0.0267. The molecule has 2 rings (SSSR count). The quantitative estimate of drug-likeness (QED) is 0.852. The summed E-state index contributed by atoms with van der Waals surface area (Å²) in [4.78, 5) is 11.8. The molecule has 1 aliphatic rings. The zero-order valence-corrected chi connectivity index (χ0v) is 10.2. The predicted octanol–water partition coefficient (Wildman–Crippen LogP) is 2.95. The summed E-state index contributed by atoms with van der Waals surface area (Å²) in [5, 5.41) is 2.85. The Balaban J connectivity index is 2.42. The highest BCUT2D eigenvalue weighted by molar-refractivity contribution is 9.10. The largest absolute Gasteiger partial charge is 0.476 e. The van der Waals surface area contributed by atoms with Crippen molar-refractivity contribution in [3.05, 3.63) is 22.7 Å². The van der Waals surface area contributed by atoms with Gasteiger partial charge in [0.05, 0.1) is 5.69 Å². The van der Waals surface area contributed by atoms with Crippen LogP contribution in [-0.2, 0) is 4.79 Å². The zero-order valence-electron chi connectivity index (χ0n) is 8.63. The van der Waals surface area contributed by atoms with E-state index >= 15 is 0 Å². The van der Waals surface area contributed by atoms with Crippen molar-refractivity contribution in [3.63, 3.8) is 0 Å². The number of carbonyl (C=O) groups excluding carboxylic acids is 1. The summed E-state index contributed by atoms with van der Waals surface area (Å²) in [6.07, 6.45) is 0.647. The maximum absolute atomic E-state index is 11.8. The van der Waals surface area contributed by atoms with Crippen LogP contribution in [0.1, 0.15) is 20.3 Å². The maximum Gasteiger partial charge on any atom is 0.268 e.